The summed E-state index contributed by atoms with van der Waals surface area (Å²) < 4.78 is 1.48. The van der Waals surface area contributed by atoms with Gasteiger partial charge in [0.2, 0.25) is 0 Å². The molecule has 0 atom stereocenters. The van der Waals surface area contributed by atoms with E-state index in [1.807, 2.05) is 30.3 Å². The van der Waals surface area contributed by atoms with Gasteiger partial charge in [0.15, 0.2) is 0 Å². The predicted molar refractivity (Wildman–Crippen MR) is 99.4 cm³/mol. The molecule has 0 aliphatic heterocycles. The van der Waals surface area contributed by atoms with E-state index in [4.69, 9.17) is 0 Å². The van der Waals surface area contributed by atoms with Gasteiger partial charge in [-0.2, -0.15) is 5.10 Å². The smallest absolute Gasteiger partial charge is 0.276 e. The zero-order valence-corrected chi connectivity index (χ0v) is 13.9. The highest BCUT2D eigenvalue weighted by Gasteiger charge is 2.11. The van der Waals surface area contributed by atoms with Crippen LogP contribution in [0.1, 0.15) is 21.5 Å². The standard InChI is InChI=1S/C20H17N3O3/c24-17-9-4-8-16(12-17)13-21-22-19(25)18-10-5-11-23(20(18)26)14-15-6-2-1-3-7-15/h1-13,24H,14H2,(H,22,25)/b21-13-. The van der Waals surface area contributed by atoms with Crippen LogP contribution in [0.15, 0.2) is 82.8 Å². The summed E-state index contributed by atoms with van der Waals surface area (Å²) in [7, 11) is 0. The lowest BCUT2D eigenvalue weighted by Crippen LogP contribution is -2.30. The topological polar surface area (TPSA) is 83.7 Å². The third-order valence-electron chi connectivity index (χ3n) is 3.71. The van der Waals surface area contributed by atoms with E-state index in [0.717, 1.165) is 5.56 Å². The van der Waals surface area contributed by atoms with E-state index < -0.39 is 5.91 Å². The fourth-order valence-electron chi connectivity index (χ4n) is 2.45. The number of aromatic hydroxyl groups is 1. The van der Waals surface area contributed by atoms with E-state index in [9.17, 15) is 14.7 Å². The molecule has 26 heavy (non-hydrogen) atoms. The van der Waals surface area contributed by atoms with Crippen LogP contribution in [0.2, 0.25) is 0 Å². The van der Waals surface area contributed by atoms with Crippen molar-refractivity contribution >= 4 is 12.1 Å². The van der Waals surface area contributed by atoms with Crippen LogP contribution in [0.3, 0.4) is 0 Å². The van der Waals surface area contributed by atoms with Gasteiger partial charge < -0.3 is 9.67 Å². The maximum absolute atomic E-state index is 12.5. The van der Waals surface area contributed by atoms with E-state index in [-0.39, 0.29) is 16.9 Å². The Morgan fingerprint density at radius 2 is 1.88 bits per heavy atom. The second kappa shape index (κ2) is 7.94. The zero-order valence-electron chi connectivity index (χ0n) is 13.9. The highest BCUT2D eigenvalue weighted by molar-refractivity contribution is 5.94. The number of nitrogens with one attached hydrogen (secondary N) is 1. The predicted octanol–water partition coefficient (Wildman–Crippen LogP) is 2.37. The van der Waals surface area contributed by atoms with Crippen molar-refractivity contribution in [1.82, 2.24) is 9.99 Å². The average Bonchev–Trinajstić information content (AvgIpc) is 2.64. The molecule has 2 aromatic carbocycles. The van der Waals surface area contributed by atoms with Crippen molar-refractivity contribution in [2.75, 3.05) is 0 Å². The molecule has 0 aliphatic carbocycles. The summed E-state index contributed by atoms with van der Waals surface area (Å²) in [4.78, 5) is 24.7. The van der Waals surface area contributed by atoms with E-state index >= 15 is 0 Å². The fourth-order valence-corrected chi connectivity index (χ4v) is 2.45. The lowest BCUT2D eigenvalue weighted by molar-refractivity contribution is 0.0953. The van der Waals surface area contributed by atoms with Gasteiger partial charge in [0, 0.05) is 6.20 Å². The van der Waals surface area contributed by atoms with Gasteiger partial charge in [-0.15, -0.1) is 0 Å². The Morgan fingerprint density at radius 3 is 2.65 bits per heavy atom. The van der Waals surface area contributed by atoms with Gasteiger partial charge in [0.25, 0.3) is 11.5 Å². The maximum atomic E-state index is 12.5. The van der Waals surface area contributed by atoms with E-state index in [0.29, 0.717) is 12.1 Å². The second-order valence-electron chi connectivity index (χ2n) is 5.63. The van der Waals surface area contributed by atoms with Crippen LogP contribution in [0.5, 0.6) is 5.75 Å². The van der Waals surface area contributed by atoms with Crippen molar-refractivity contribution in [3.63, 3.8) is 0 Å². The van der Waals surface area contributed by atoms with Gasteiger partial charge in [-0.05, 0) is 35.4 Å². The summed E-state index contributed by atoms with van der Waals surface area (Å²) in [6.07, 6.45) is 3.03. The van der Waals surface area contributed by atoms with Crippen LogP contribution in [0, 0.1) is 0 Å². The summed E-state index contributed by atoms with van der Waals surface area (Å²) in [6, 6.07) is 19.1. The molecule has 0 unspecified atom stereocenters. The number of hydrogen-bond donors (Lipinski definition) is 2. The van der Waals surface area contributed by atoms with Crippen molar-refractivity contribution < 1.29 is 9.90 Å². The van der Waals surface area contributed by atoms with Gasteiger partial charge in [-0.25, -0.2) is 5.43 Å². The number of phenolic OH excluding ortho intramolecular Hbond substituents is 1. The molecule has 1 amide bonds. The average molecular weight is 347 g/mol. The Hall–Kier alpha value is -3.67. The van der Waals surface area contributed by atoms with Gasteiger partial charge in [-0.1, -0.05) is 42.5 Å². The summed E-state index contributed by atoms with van der Waals surface area (Å²) >= 11 is 0. The van der Waals surface area contributed by atoms with E-state index in [2.05, 4.69) is 10.5 Å². The Balaban J connectivity index is 1.73. The normalized spacial score (nSPS) is 10.8. The molecular formula is C20H17N3O3. The highest BCUT2D eigenvalue weighted by atomic mass is 16.3. The Labute approximate surface area is 150 Å². The molecule has 3 aromatic rings. The molecule has 0 fully saturated rings. The van der Waals surface area contributed by atoms with Crippen molar-refractivity contribution in [2.24, 2.45) is 5.10 Å². The minimum Gasteiger partial charge on any atom is -0.508 e. The first-order chi connectivity index (χ1) is 12.6. The van der Waals surface area contributed by atoms with Crippen LogP contribution in [0.4, 0.5) is 0 Å². The molecule has 0 saturated heterocycles. The molecule has 6 nitrogen and oxygen atoms in total. The Morgan fingerprint density at radius 1 is 1.08 bits per heavy atom. The molecule has 1 aromatic heterocycles. The number of benzene rings is 2. The van der Waals surface area contributed by atoms with Crippen LogP contribution >= 0.6 is 0 Å². The van der Waals surface area contributed by atoms with Crippen molar-refractivity contribution in [3.05, 3.63) is 100.0 Å². The molecule has 1 heterocycles. The maximum Gasteiger partial charge on any atom is 0.276 e. The molecule has 130 valence electrons. The largest absolute Gasteiger partial charge is 0.508 e. The van der Waals surface area contributed by atoms with Crippen LogP contribution < -0.4 is 11.0 Å². The lowest BCUT2D eigenvalue weighted by Gasteiger charge is -2.07. The molecular weight excluding hydrogens is 330 g/mol. The summed E-state index contributed by atoms with van der Waals surface area (Å²) in [5, 5.41) is 13.2. The van der Waals surface area contributed by atoms with Gasteiger partial charge >= 0.3 is 0 Å². The number of amides is 1. The molecule has 0 saturated carbocycles. The number of aromatic nitrogens is 1. The third-order valence-corrected chi connectivity index (χ3v) is 3.71. The number of phenols is 1. The van der Waals surface area contributed by atoms with Crippen molar-refractivity contribution in [1.29, 1.82) is 0 Å². The molecule has 0 bridgehead atoms. The van der Waals surface area contributed by atoms with Gasteiger partial charge in [-0.3, -0.25) is 9.59 Å². The number of pyridine rings is 1. The van der Waals surface area contributed by atoms with Crippen LogP contribution in [-0.4, -0.2) is 21.8 Å². The third kappa shape index (κ3) is 4.24. The van der Waals surface area contributed by atoms with Crippen molar-refractivity contribution in [2.45, 2.75) is 6.54 Å². The summed E-state index contributed by atoms with van der Waals surface area (Å²) in [5.74, 6) is -0.485. The van der Waals surface area contributed by atoms with E-state index in [1.54, 1.807) is 24.4 Å². The SMILES string of the molecule is O=C(N/N=C\c1cccc(O)c1)c1cccn(Cc2ccccc2)c1=O. The number of hydrogen-bond acceptors (Lipinski definition) is 4. The van der Waals surface area contributed by atoms with E-state index in [1.165, 1.54) is 29.0 Å². The minimum atomic E-state index is -0.589. The Bertz CT molecular complexity index is 994. The molecule has 3 rings (SSSR count). The van der Waals surface area contributed by atoms with Gasteiger partial charge in [0.1, 0.15) is 11.3 Å². The first kappa shape index (κ1) is 17.2. The summed E-state index contributed by atoms with van der Waals surface area (Å²) in [6.45, 7) is 0.382. The van der Waals surface area contributed by atoms with Crippen LogP contribution in [0.25, 0.3) is 0 Å². The Kier molecular flexibility index (Phi) is 5.24. The van der Waals surface area contributed by atoms with Crippen LogP contribution in [-0.2, 0) is 6.54 Å². The monoisotopic (exact) mass is 347 g/mol. The second-order valence-corrected chi connectivity index (χ2v) is 5.63. The number of carbonyl (C=O) groups excluding carboxylic acids is 1. The molecule has 0 spiro atoms. The first-order valence-corrected chi connectivity index (χ1v) is 7.99. The number of carbonyl (C=O) groups is 1. The fraction of sp³-hybridized carbons (Fsp3) is 0.0500. The molecule has 0 aliphatic rings. The number of nitrogens with zero attached hydrogens (tertiary/aromatic N) is 2. The van der Waals surface area contributed by atoms with Crippen molar-refractivity contribution in [3.8, 4) is 5.75 Å². The first-order valence-electron chi connectivity index (χ1n) is 7.99. The number of rotatable bonds is 5. The summed E-state index contributed by atoms with van der Waals surface area (Å²) in [5.41, 5.74) is 3.55. The molecule has 6 heteroatoms. The number of hydrazone groups is 1. The lowest BCUT2D eigenvalue weighted by atomic mass is 10.2. The van der Waals surface area contributed by atoms with Gasteiger partial charge in [0.05, 0.1) is 12.8 Å². The minimum absolute atomic E-state index is 0.0106. The quantitative estimate of drug-likeness (QED) is 0.549. The molecule has 0 radical (unpaired) electrons. The highest BCUT2D eigenvalue weighted by Crippen LogP contribution is 2.08. The molecule has 2 N–H and O–H groups in total. The zero-order chi connectivity index (χ0) is 18.4.